The number of carbonyl (C=O) groups excluding carboxylic acids is 2. The molecule has 1 aromatic rings. The van der Waals surface area contributed by atoms with Crippen molar-refractivity contribution in [2.45, 2.75) is 57.0 Å². The monoisotopic (exact) mass is 514 g/mol. The molecule has 0 aromatic heterocycles. The van der Waals surface area contributed by atoms with E-state index >= 15 is 0 Å². The zero-order valence-electron chi connectivity index (χ0n) is 21.6. The Morgan fingerprint density at radius 2 is 1.89 bits per heavy atom. The number of Topliss-reactive ketones (excluding diaryl/α,β-unsaturated/α-hetero) is 1. The Kier molecular flexibility index (Phi) is 5.14. The molecule has 1 saturated heterocycles. The number of hydrogen-bond donors (Lipinski definition) is 1. The molecule has 10 heteroatoms. The minimum atomic E-state index is -1.72. The Morgan fingerprint density at radius 3 is 2.57 bits per heavy atom. The van der Waals surface area contributed by atoms with E-state index in [1.807, 2.05) is 13.8 Å². The van der Waals surface area contributed by atoms with Gasteiger partial charge in [-0.05, 0) is 25.8 Å². The summed E-state index contributed by atoms with van der Waals surface area (Å²) in [5.41, 5.74) is -1.95. The molecular formula is C27H30O10. The van der Waals surface area contributed by atoms with Gasteiger partial charge in [-0.1, -0.05) is 19.9 Å². The van der Waals surface area contributed by atoms with Crippen molar-refractivity contribution in [2.24, 2.45) is 11.8 Å². The van der Waals surface area contributed by atoms with Gasteiger partial charge in [-0.2, -0.15) is 0 Å². The lowest BCUT2D eigenvalue weighted by atomic mass is 9.50. The van der Waals surface area contributed by atoms with Crippen LogP contribution in [0, 0.1) is 11.8 Å². The van der Waals surface area contributed by atoms with Crippen LogP contribution in [0.15, 0.2) is 29.2 Å². The first-order valence-corrected chi connectivity index (χ1v) is 12.4. The number of methoxy groups -OCH3 is 2. The second-order valence-corrected chi connectivity index (χ2v) is 10.3. The van der Waals surface area contributed by atoms with Crippen molar-refractivity contribution in [3.8, 4) is 17.2 Å². The standard InChI is InChI=1S/C27H30O10/c1-7-11(2)25(29)36-17-12(3)13(4)23-27(30)24(37-23)21(32-6)20(31-5)22(28)26(27)9-33-19-16(26)14(17)8-15-18(19)35-10-34-15/h7-8,12-13,17,23-24,30H,9-10H2,1-6H3. The third kappa shape index (κ3) is 2.67. The maximum Gasteiger partial charge on any atom is 0.333 e. The van der Waals surface area contributed by atoms with Crippen molar-refractivity contribution in [3.05, 3.63) is 40.4 Å². The molecule has 5 aliphatic rings. The topological polar surface area (TPSA) is 119 Å². The van der Waals surface area contributed by atoms with Crippen molar-refractivity contribution < 1.29 is 47.9 Å². The molecule has 1 N–H and O–H groups in total. The van der Waals surface area contributed by atoms with Crippen molar-refractivity contribution >= 4 is 11.8 Å². The van der Waals surface area contributed by atoms with Crippen LogP contribution in [0.3, 0.4) is 0 Å². The van der Waals surface area contributed by atoms with Crippen LogP contribution in [0.25, 0.3) is 0 Å². The zero-order chi connectivity index (χ0) is 26.4. The summed E-state index contributed by atoms with van der Waals surface area (Å²) in [6, 6.07) is 1.73. The average molecular weight is 515 g/mol. The maximum atomic E-state index is 14.4. The van der Waals surface area contributed by atoms with Crippen molar-refractivity contribution in [1.82, 2.24) is 0 Å². The number of esters is 1. The second-order valence-electron chi connectivity index (χ2n) is 10.3. The quantitative estimate of drug-likeness (QED) is 0.474. The summed E-state index contributed by atoms with van der Waals surface area (Å²) in [6.07, 6.45) is -0.851. The molecule has 6 rings (SSSR count). The normalized spacial score (nSPS) is 37.0. The lowest BCUT2D eigenvalue weighted by molar-refractivity contribution is -0.334. The van der Waals surface area contributed by atoms with Crippen molar-refractivity contribution in [3.63, 3.8) is 0 Å². The third-order valence-corrected chi connectivity index (χ3v) is 8.87. The van der Waals surface area contributed by atoms with Gasteiger partial charge in [0, 0.05) is 22.6 Å². The molecular weight excluding hydrogens is 484 g/mol. The van der Waals surface area contributed by atoms with Crippen LogP contribution in [0.1, 0.15) is 44.9 Å². The molecule has 0 saturated carbocycles. The van der Waals surface area contributed by atoms with Gasteiger partial charge >= 0.3 is 5.97 Å². The first-order chi connectivity index (χ1) is 17.7. The van der Waals surface area contributed by atoms with E-state index in [0.29, 0.717) is 28.2 Å². The summed E-state index contributed by atoms with van der Waals surface area (Å²) in [5.74, 6) is -0.481. The highest BCUT2D eigenvalue weighted by Gasteiger charge is 2.80. The van der Waals surface area contributed by atoms with E-state index in [1.54, 1.807) is 26.0 Å². The Labute approximate surface area is 214 Å². The van der Waals surface area contributed by atoms with Gasteiger partial charge in [0.05, 0.1) is 20.3 Å². The summed E-state index contributed by atoms with van der Waals surface area (Å²) in [4.78, 5) is 27.4. The van der Waals surface area contributed by atoms with E-state index < -0.39 is 41.1 Å². The number of benzene rings is 1. The highest BCUT2D eigenvalue weighted by Crippen LogP contribution is 2.67. The maximum absolute atomic E-state index is 14.4. The number of aliphatic hydroxyl groups is 1. The number of fused-ring (bicyclic) bond motifs is 2. The van der Waals surface area contributed by atoms with E-state index in [9.17, 15) is 14.7 Å². The predicted molar refractivity (Wildman–Crippen MR) is 126 cm³/mol. The molecule has 10 nitrogen and oxygen atoms in total. The van der Waals surface area contributed by atoms with E-state index in [0.717, 1.165) is 0 Å². The largest absolute Gasteiger partial charge is 0.494 e. The van der Waals surface area contributed by atoms with Crippen molar-refractivity contribution in [2.75, 3.05) is 27.6 Å². The fraction of sp³-hybridized carbons (Fsp3) is 0.556. The van der Waals surface area contributed by atoms with Gasteiger partial charge in [0.1, 0.15) is 23.7 Å². The number of carbonyl (C=O) groups is 2. The fourth-order valence-electron chi connectivity index (χ4n) is 6.60. The first kappa shape index (κ1) is 24.1. The van der Waals surface area contributed by atoms with E-state index in [2.05, 4.69) is 0 Å². The summed E-state index contributed by atoms with van der Waals surface area (Å²) < 4.78 is 41.0. The third-order valence-electron chi connectivity index (χ3n) is 8.87. The lowest BCUT2D eigenvalue weighted by Crippen LogP contribution is -2.82. The summed E-state index contributed by atoms with van der Waals surface area (Å²) in [6.45, 7) is 7.09. The minimum absolute atomic E-state index is 0.0285. The van der Waals surface area contributed by atoms with Crippen LogP contribution in [-0.4, -0.2) is 62.3 Å². The van der Waals surface area contributed by atoms with E-state index in [-0.39, 0.29) is 42.5 Å². The molecule has 1 fully saturated rings. The summed E-state index contributed by atoms with van der Waals surface area (Å²) in [7, 11) is 2.79. The Balaban J connectivity index is 1.67. The van der Waals surface area contributed by atoms with Gasteiger partial charge in [-0.15, -0.1) is 0 Å². The molecule has 2 aliphatic carbocycles. The molecule has 7 unspecified atom stereocenters. The Hall–Kier alpha value is -3.24. The SMILES string of the molecule is CC=C(C)C(=O)OC1c2cc3c(c4c2C2(CO4)C(=O)C(OC)=C(OC)C4OC(C(C)C1C)C42O)OCO3. The lowest BCUT2D eigenvalue weighted by Gasteiger charge is -2.64. The zero-order valence-corrected chi connectivity index (χ0v) is 21.6. The summed E-state index contributed by atoms with van der Waals surface area (Å²) >= 11 is 0. The van der Waals surface area contributed by atoms with Gasteiger partial charge in [-0.25, -0.2) is 4.79 Å². The van der Waals surface area contributed by atoms with Crippen LogP contribution in [0.5, 0.6) is 17.2 Å². The smallest absolute Gasteiger partial charge is 0.333 e. The minimum Gasteiger partial charge on any atom is -0.494 e. The molecule has 3 aliphatic heterocycles. The summed E-state index contributed by atoms with van der Waals surface area (Å²) in [5, 5.41) is 12.6. The molecule has 7 atom stereocenters. The molecule has 3 heterocycles. The number of rotatable bonds is 4. The highest BCUT2D eigenvalue weighted by molar-refractivity contribution is 6.07. The van der Waals surface area contributed by atoms with E-state index in [1.165, 1.54) is 14.2 Å². The van der Waals surface area contributed by atoms with Crippen LogP contribution < -0.4 is 14.2 Å². The van der Waals surface area contributed by atoms with Crippen LogP contribution in [-0.2, 0) is 34.0 Å². The molecule has 37 heavy (non-hydrogen) atoms. The predicted octanol–water partition coefficient (Wildman–Crippen LogP) is 2.47. The molecule has 1 spiro atoms. The van der Waals surface area contributed by atoms with Gasteiger partial charge in [0.2, 0.25) is 24.1 Å². The molecule has 198 valence electrons. The number of ether oxygens (including phenoxy) is 7. The van der Waals surface area contributed by atoms with Gasteiger partial charge in [0.15, 0.2) is 23.4 Å². The van der Waals surface area contributed by atoms with Gasteiger partial charge in [0.25, 0.3) is 0 Å². The van der Waals surface area contributed by atoms with E-state index in [4.69, 9.17) is 33.2 Å². The molecule has 0 amide bonds. The molecule has 1 aromatic carbocycles. The van der Waals surface area contributed by atoms with Gasteiger partial charge in [-0.3, -0.25) is 4.79 Å². The highest BCUT2D eigenvalue weighted by atomic mass is 16.7. The van der Waals surface area contributed by atoms with Crippen LogP contribution >= 0.6 is 0 Å². The van der Waals surface area contributed by atoms with Crippen LogP contribution in [0.2, 0.25) is 0 Å². The Bertz CT molecular complexity index is 1280. The number of allylic oxidation sites excluding steroid dienone is 2. The second kappa shape index (κ2) is 7.88. The number of hydrogen-bond acceptors (Lipinski definition) is 10. The molecule has 0 radical (unpaired) electrons. The van der Waals surface area contributed by atoms with Crippen molar-refractivity contribution in [1.29, 1.82) is 0 Å². The number of ketones is 1. The average Bonchev–Trinajstić information content (AvgIpc) is 3.52. The first-order valence-electron chi connectivity index (χ1n) is 12.4. The Morgan fingerprint density at radius 1 is 1.14 bits per heavy atom. The van der Waals surface area contributed by atoms with Crippen LogP contribution in [0.4, 0.5) is 0 Å². The van der Waals surface area contributed by atoms with Gasteiger partial charge < -0.3 is 38.3 Å². The molecule has 0 bridgehead atoms. The fourth-order valence-corrected chi connectivity index (χ4v) is 6.60.